The summed E-state index contributed by atoms with van der Waals surface area (Å²) in [5, 5.41) is 12.2. The van der Waals surface area contributed by atoms with Gasteiger partial charge in [0.15, 0.2) is 11.0 Å². The van der Waals surface area contributed by atoms with E-state index < -0.39 is 0 Å². The van der Waals surface area contributed by atoms with Crippen molar-refractivity contribution in [1.29, 1.82) is 0 Å². The molecule has 0 radical (unpaired) electrons. The van der Waals surface area contributed by atoms with Gasteiger partial charge in [-0.2, -0.15) is 0 Å². The summed E-state index contributed by atoms with van der Waals surface area (Å²) in [6.07, 6.45) is 3.54. The molecule has 0 atom stereocenters. The maximum atomic E-state index is 13.0. The number of benzene rings is 1. The lowest BCUT2D eigenvalue weighted by atomic mass is 10.2. The minimum atomic E-state index is -0.371. The van der Waals surface area contributed by atoms with Crippen LogP contribution in [0.1, 0.15) is 35.6 Å². The number of aromatic nitrogens is 4. The summed E-state index contributed by atoms with van der Waals surface area (Å²) in [5.41, 5.74) is 1.56. The van der Waals surface area contributed by atoms with Crippen LogP contribution in [0.15, 0.2) is 53.9 Å². The van der Waals surface area contributed by atoms with E-state index in [0.29, 0.717) is 17.3 Å². The van der Waals surface area contributed by atoms with Crippen LogP contribution < -0.4 is 5.32 Å². The Balaban J connectivity index is 1.68. The van der Waals surface area contributed by atoms with E-state index in [1.165, 1.54) is 24.3 Å². The molecule has 1 N–H and O–H groups in total. The quantitative estimate of drug-likeness (QED) is 0.585. The Kier molecular flexibility index (Phi) is 6.76. The van der Waals surface area contributed by atoms with E-state index in [2.05, 4.69) is 34.3 Å². The summed E-state index contributed by atoms with van der Waals surface area (Å²) in [6.45, 7) is 5.26. The lowest BCUT2D eigenvalue weighted by molar-refractivity contribution is 0.0949. The van der Waals surface area contributed by atoms with E-state index in [4.69, 9.17) is 0 Å². The molecule has 0 saturated heterocycles. The van der Waals surface area contributed by atoms with E-state index >= 15 is 0 Å². The molecule has 3 aromatic rings. The van der Waals surface area contributed by atoms with Gasteiger partial charge in [-0.1, -0.05) is 25.6 Å². The second kappa shape index (κ2) is 9.45. The second-order valence-corrected chi connectivity index (χ2v) is 7.68. The molecule has 6 nitrogen and oxygen atoms in total. The molecule has 1 aromatic carbocycles. The first-order chi connectivity index (χ1) is 13.5. The standard InChI is InChI=1S/C20H22FN5OS/c1-14(2)12-26-18(11-23-19(27)16-3-5-17(21)6-4-16)24-25-20(26)28-13-15-7-9-22-10-8-15/h3-10,14H,11-13H2,1-2H3,(H,23,27). The van der Waals surface area contributed by atoms with Crippen molar-refractivity contribution < 1.29 is 9.18 Å². The van der Waals surface area contributed by atoms with Crippen LogP contribution in [-0.4, -0.2) is 25.7 Å². The van der Waals surface area contributed by atoms with Crippen LogP contribution in [0.3, 0.4) is 0 Å². The molecule has 0 aliphatic carbocycles. The summed E-state index contributed by atoms with van der Waals surface area (Å²) in [5.74, 6) is 1.22. The smallest absolute Gasteiger partial charge is 0.251 e. The number of nitrogens with zero attached hydrogens (tertiary/aromatic N) is 4. The zero-order valence-corrected chi connectivity index (χ0v) is 16.6. The number of carbonyl (C=O) groups is 1. The number of hydrogen-bond acceptors (Lipinski definition) is 5. The normalized spacial score (nSPS) is 11.0. The van der Waals surface area contributed by atoms with Crippen LogP contribution in [0.2, 0.25) is 0 Å². The fraction of sp³-hybridized carbons (Fsp3) is 0.300. The highest BCUT2D eigenvalue weighted by atomic mass is 32.2. The van der Waals surface area contributed by atoms with Crippen LogP contribution in [0.25, 0.3) is 0 Å². The molecule has 8 heteroatoms. The molecule has 0 unspecified atom stereocenters. The van der Waals surface area contributed by atoms with E-state index in [9.17, 15) is 9.18 Å². The SMILES string of the molecule is CC(C)Cn1c(CNC(=O)c2ccc(F)cc2)nnc1SCc1ccncc1. The minimum absolute atomic E-state index is 0.256. The summed E-state index contributed by atoms with van der Waals surface area (Å²) >= 11 is 1.60. The molecule has 0 saturated carbocycles. The molecule has 2 heterocycles. The summed E-state index contributed by atoms with van der Waals surface area (Å²) in [7, 11) is 0. The van der Waals surface area contributed by atoms with Crippen molar-refractivity contribution in [2.75, 3.05) is 0 Å². The molecule has 0 aliphatic rings. The summed E-state index contributed by atoms with van der Waals surface area (Å²) < 4.78 is 15.1. The Bertz CT molecular complexity index is 912. The number of halogens is 1. The third-order valence-electron chi connectivity index (χ3n) is 3.97. The molecule has 1 amide bonds. The van der Waals surface area contributed by atoms with Gasteiger partial charge >= 0.3 is 0 Å². The maximum Gasteiger partial charge on any atom is 0.251 e. The van der Waals surface area contributed by atoms with Crippen LogP contribution in [0.4, 0.5) is 4.39 Å². The zero-order valence-electron chi connectivity index (χ0n) is 15.8. The van der Waals surface area contributed by atoms with Crippen molar-refractivity contribution in [2.45, 2.75) is 37.8 Å². The van der Waals surface area contributed by atoms with Gasteiger partial charge < -0.3 is 9.88 Å². The van der Waals surface area contributed by atoms with Crippen molar-refractivity contribution in [1.82, 2.24) is 25.1 Å². The number of thioether (sulfide) groups is 1. The first-order valence-electron chi connectivity index (χ1n) is 9.00. The molecule has 0 aliphatic heterocycles. The minimum Gasteiger partial charge on any atom is -0.345 e. The maximum absolute atomic E-state index is 13.0. The number of nitrogens with one attached hydrogen (secondary N) is 1. The Morgan fingerprint density at radius 1 is 1.14 bits per heavy atom. The van der Waals surface area contributed by atoms with Gasteiger partial charge in [-0.25, -0.2) is 4.39 Å². The summed E-state index contributed by atoms with van der Waals surface area (Å²) in [6, 6.07) is 9.40. The van der Waals surface area contributed by atoms with Gasteiger partial charge in [0.05, 0.1) is 6.54 Å². The lowest BCUT2D eigenvalue weighted by Gasteiger charge is -2.13. The highest BCUT2D eigenvalue weighted by Crippen LogP contribution is 2.22. The zero-order chi connectivity index (χ0) is 19.9. The van der Waals surface area contributed by atoms with Gasteiger partial charge in [0.1, 0.15) is 5.82 Å². The lowest BCUT2D eigenvalue weighted by Crippen LogP contribution is -2.25. The molecule has 28 heavy (non-hydrogen) atoms. The monoisotopic (exact) mass is 399 g/mol. The average molecular weight is 399 g/mol. The highest BCUT2D eigenvalue weighted by molar-refractivity contribution is 7.98. The Morgan fingerprint density at radius 3 is 2.54 bits per heavy atom. The molecule has 3 rings (SSSR count). The van der Waals surface area contributed by atoms with Gasteiger partial charge in [-0.05, 0) is 47.9 Å². The predicted octanol–water partition coefficient (Wildman–Crippen LogP) is 3.69. The molecule has 0 bridgehead atoms. The fourth-order valence-corrected chi connectivity index (χ4v) is 3.52. The Labute approximate surface area is 167 Å². The van der Waals surface area contributed by atoms with Crippen molar-refractivity contribution in [3.63, 3.8) is 0 Å². The molecule has 146 valence electrons. The van der Waals surface area contributed by atoms with E-state index in [-0.39, 0.29) is 18.3 Å². The van der Waals surface area contributed by atoms with Crippen LogP contribution in [0.5, 0.6) is 0 Å². The van der Waals surface area contributed by atoms with E-state index in [1.54, 1.807) is 24.2 Å². The van der Waals surface area contributed by atoms with Crippen LogP contribution in [0, 0.1) is 11.7 Å². The van der Waals surface area contributed by atoms with Gasteiger partial charge in [-0.3, -0.25) is 9.78 Å². The van der Waals surface area contributed by atoms with Crippen molar-refractivity contribution >= 4 is 17.7 Å². The molecule has 2 aromatic heterocycles. The number of carbonyl (C=O) groups excluding carboxylic acids is 1. The van der Waals surface area contributed by atoms with Gasteiger partial charge in [0.2, 0.25) is 0 Å². The van der Waals surface area contributed by atoms with Crippen molar-refractivity contribution in [3.8, 4) is 0 Å². The van der Waals surface area contributed by atoms with Crippen LogP contribution in [-0.2, 0) is 18.8 Å². The fourth-order valence-electron chi connectivity index (χ4n) is 2.59. The number of rotatable bonds is 8. The number of amides is 1. The number of pyridine rings is 1. The third-order valence-corrected chi connectivity index (χ3v) is 5.01. The molecule has 0 fully saturated rings. The Morgan fingerprint density at radius 2 is 1.86 bits per heavy atom. The van der Waals surface area contributed by atoms with Crippen molar-refractivity contribution in [2.24, 2.45) is 5.92 Å². The molecular formula is C20H22FN5OS. The van der Waals surface area contributed by atoms with E-state index in [1.807, 2.05) is 16.7 Å². The first kappa shape index (κ1) is 20.0. The Hall–Kier alpha value is -2.74. The van der Waals surface area contributed by atoms with Gasteiger partial charge in [0.25, 0.3) is 5.91 Å². The summed E-state index contributed by atoms with van der Waals surface area (Å²) in [4.78, 5) is 16.3. The van der Waals surface area contributed by atoms with E-state index in [0.717, 1.165) is 23.0 Å². The first-order valence-corrected chi connectivity index (χ1v) is 9.99. The largest absolute Gasteiger partial charge is 0.345 e. The number of hydrogen-bond donors (Lipinski definition) is 1. The average Bonchev–Trinajstić information content (AvgIpc) is 3.06. The highest BCUT2D eigenvalue weighted by Gasteiger charge is 2.15. The van der Waals surface area contributed by atoms with Crippen LogP contribution >= 0.6 is 11.8 Å². The third kappa shape index (κ3) is 5.39. The predicted molar refractivity (Wildman–Crippen MR) is 106 cm³/mol. The molecule has 0 spiro atoms. The molecular weight excluding hydrogens is 377 g/mol. The second-order valence-electron chi connectivity index (χ2n) is 6.74. The van der Waals surface area contributed by atoms with Gasteiger partial charge in [0, 0.05) is 30.3 Å². The van der Waals surface area contributed by atoms with Gasteiger partial charge in [-0.15, -0.1) is 10.2 Å². The topological polar surface area (TPSA) is 72.7 Å². The van der Waals surface area contributed by atoms with Crippen molar-refractivity contribution in [3.05, 3.63) is 71.6 Å².